The Balaban J connectivity index is 1.64. The van der Waals surface area contributed by atoms with Crippen LogP contribution in [0, 0.1) is 0 Å². The predicted molar refractivity (Wildman–Crippen MR) is 72.4 cm³/mol. The minimum Gasteiger partial charge on any atom is -0.314 e. The van der Waals surface area contributed by atoms with Gasteiger partial charge in [-0.1, -0.05) is 17.7 Å². The van der Waals surface area contributed by atoms with Gasteiger partial charge in [0.2, 0.25) is 0 Å². The van der Waals surface area contributed by atoms with Crippen molar-refractivity contribution in [3.63, 3.8) is 0 Å². The highest BCUT2D eigenvalue weighted by Gasteiger charge is 2.12. The van der Waals surface area contributed by atoms with Gasteiger partial charge in [0.25, 0.3) is 0 Å². The minimum atomic E-state index is 0.778. The van der Waals surface area contributed by atoms with Gasteiger partial charge < -0.3 is 5.32 Å². The summed E-state index contributed by atoms with van der Waals surface area (Å²) in [4.78, 5) is 1.28. The van der Waals surface area contributed by atoms with Gasteiger partial charge in [0.1, 0.15) is 0 Å². The van der Waals surface area contributed by atoms with E-state index in [4.69, 9.17) is 11.6 Å². The van der Waals surface area contributed by atoms with Crippen LogP contribution in [-0.4, -0.2) is 18.3 Å². The van der Waals surface area contributed by atoms with Crippen LogP contribution in [0.4, 0.5) is 0 Å². The van der Waals surface area contributed by atoms with Gasteiger partial charge in [-0.05, 0) is 56.2 Å². The summed E-state index contributed by atoms with van der Waals surface area (Å²) < 4.78 is 0. The molecule has 1 aromatic carbocycles. The second-order valence-electron chi connectivity index (χ2n) is 4.24. The van der Waals surface area contributed by atoms with Crippen molar-refractivity contribution < 1.29 is 0 Å². The molecule has 1 atom stereocenters. The third kappa shape index (κ3) is 4.00. The fourth-order valence-corrected chi connectivity index (χ4v) is 3.27. The third-order valence-electron chi connectivity index (χ3n) is 2.92. The van der Waals surface area contributed by atoms with Gasteiger partial charge in [-0.2, -0.15) is 0 Å². The molecule has 0 saturated carbocycles. The first-order valence-electron chi connectivity index (χ1n) is 5.96. The summed E-state index contributed by atoms with van der Waals surface area (Å²) in [6, 6.07) is 8.89. The highest BCUT2D eigenvalue weighted by molar-refractivity contribution is 7.99. The van der Waals surface area contributed by atoms with E-state index in [0.29, 0.717) is 0 Å². The Morgan fingerprint density at radius 2 is 2.38 bits per heavy atom. The first-order chi connectivity index (χ1) is 7.84. The largest absolute Gasteiger partial charge is 0.314 e. The second-order valence-corrected chi connectivity index (χ2v) is 5.85. The summed E-state index contributed by atoms with van der Waals surface area (Å²) in [7, 11) is 0. The molecular weight excluding hydrogens is 238 g/mol. The van der Waals surface area contributed by atoms with Gasteiger partial charge in [0, 0.05) is 16.0 Å². The molecule has 0 amide bonds. The fourth-order valence-electron chi connectivity index (χ4n) is 2.08. The maximum absolute atomic E-state index is 5.94. The molecule has 1 aliphatic heterocycles. The van der Waals surface area contributed by atoms with E-state index in [0.717, 1.165) is 11.1 Å². The maximum Gasteiger partial charge on any atom is 0.0417 e. The third-order valence-corrected chi connectivity index (χ3v) is 4.24. The average Bonchev–Trinajstić information content (AvgIpc) is 2.77. The van der Waals surface area contributed by atoms with E-state index in [-0.39, 0.29) is 0 Å². The molecule has 88 valence electrons. The van der Waals surface area contributed by atoms with Gasteiger partial charge >= 0.3 is 0 Å². The first-order valence-corrected chi connectivity index (χ1v) is 7.33. The Hall–Kier alpha value is -0.180. The van der Waals surface area contributed by atoms with Crippen LogP contribution >= 0.6 is 23.4 Å². The predicted octanol–water partition coefficient (Wildman–Crippen LogP) is 3.96. The fraction of sp³-hybridized carbons (Fsp3) is 0.538. The van der Waals surface area contributed by atoms with Gasteiger partial charge in [-0.15, -0.1) is 11.8 Å². The van der Waals surface area contributed by atoms with Crippen LogP contribution in [-0.2, 0) is 0 Å². The number of benzene rings is 1. The lowest BCUT2D eigenvalue weighted by Crippen LogP contribution is -2.20. The lowest BCUT2D eigenvalue weighted by Gasteiger charge is -2.09. The Kier molecular flexibility index (Phi) is 5.01. The highest BCUT2D eigenvalue weighted by Crippen LogP contribution is 2.23. The van der Waals surface area contributed by atoms with E-state index in [1.54, 1.807) is 0 Å². The van der Waals surface area contributed by atoms with Crippen molar-refractivity contribution in [2.45, 2.75) is 36.6 Å². The van der Waals surface area contributed by atoms with Crippen molar-refractivity contribution in [1.29, 1.82) is 0 Å². The molecule has 3 heteroatoms. The molecule has 1 saturated heterocycles. The molecule has 1 aromatic rings. The molecule has 1 unspecified atom stereocenters. The van der Waals surface area contributed by atoms with Crippen molar-refractivity contribution in [2.24, 2.45) is 0 Å². The zero-order valence-corrected chi connectivity index (χ0v) is 11.0. The van der Waals surface area contributed by atoms with E-state index >= 15 is 0 Å². The molecule has 0 bridgehead atoms. The van der Waals surface area contributed by atoms with Crippen molar-refractivity contribution in [3.05, 3.63) is 29.3 Å². The number of nitrogens with one attached hydrogen (secondary N) is 1. The van der Waals surface area contributed by atoms with E-state index in [1.165, 1.54) is 42.9 Å². The monoisotopic (exact) mass is 255 g/mol. The normalized spacial score (nSPS) is 20.2. The molecule has 0 spiro atoms. The van der Waals surface area contributed by atoms with Crippen LogP contribution in [0.2, 0.25) is 5.02 Å². The van der Waals surface area contributed by atoms with Crippen LogP contribution in [0.5, 0.6) is 0 Å². The molecule has 0 aromatic heterocycles. The summed E-state index contributed by atoms with van der Waals surface area (Å²) in [5.41, 5.74) is 0. The maximum atomic E-state index is 5.94. The van der Waals surface area contributed by atoms with Crippen LogP contribution in [0.25, 0.3) is 0 Å². The van der Waals surface area contributed by atoms with Crippen molar-refractivity contribution in [1.82, 2.24) is 5.32 Å². The number of hydrogen-bond donors (Lipinski definition) is 1. The lowest BCUT2D eigenvalue weighted by atomic mass is 10.1. The molecule has 1 aliphatic rings. The van der Waals surface area contributed by atoms with Crippen LogP contribution in [0.3, 0.4) is 0 Å². The van der Waals surface area contributed by atoms with E-state index in [1.807, 2.05) is 30.0 Å². The molecule has 1 N–H and O–H groups in total. The van der Waals surface area contributed by atoms with Crippen LogP contribution in [0.15, 0.2) is 29.2 Å². The van der Waals surface area contributed by atoms with Crippen LogP contribution < -0.4 is 5.32 Å². The van der Waals surface area contributed by atoms with Crippen molar-refractivity contribution in [3.8, 4) is 0 Å². The molecule has 1 fully saturated rings. The smallest absolute Gasteiger partial charge is 0.0417 e. The Morgan fingerprint density at radius 3 is 3.12 bits per heavy atom. The molecule has 1 heterocycles. The standard InChI is InChI=1S/C13H18ClNS/c14-11-4-1-7-13(10-11)16-9-3-6-12-5-2-8-15-12/h1,4,7,10,12,15H,2-3,5-6,8-9H2. The summed E-state index contributed by atoms with van der Waals surface area (Å²) in [5, 5.41) is 4.37. The Bertz CT molecular complexity index is 323. The number of thioether (sulfide) groups is 1. The Labute approximate surface area is 107 Å². The van der Waals surface area contributed by atoms with E-state index in [2.05, 4.69) is 11.4 Å². The van der Waals surface area contributed by atoms with Crippen LogP contribution in [0.1, 0.15) is 25.7 Å². The van der Waals surface area contributed by atoms with Crippen molar-refractivity contribution in [2.75, 3.05) is 12.3 Å². The topological polar surface area (TPSA) is 12.0 Å². The summed E-state index contributed by atoms with van der Waals surface area (Å²) in [6.45, 7) is 1.21. The van der Waals surface area contributed by atoms with Gasteiger partial charge in [-0.3, -0.25) is 0 Å². The Morgan fingerprint density at radius 1 is 1.44 bits per heavy atom. The zero-order valence-electron chi connectivity index (χ0n) is 9.42. The minimum absolute atomic E-state index is 0.778. The van der Waals surface area contributed by atoms with E-state index in [9.17, 15) is 0 Å². The molecule has 16 heavy (non-hydrogen) atoms. The quantitative estimate of drug-likeness (QED) is 0.631. The molecule has 0 radical (unpaired) electrons. The van der Waals surface area contributed by atoms with E-state index < -0.39 is 0 Å². The van der Waals surface area contributed by atoms with Crippen molar-refractivity contribution >= 4 is 23.4 Å². The second kappa shape index (κ2) is 6.53. The summed E-state index contributed by atoms with van der Waals surface area (Å²) in [5.74, 6) is 1.19. The first kappa shape index (κ1) is 12.3. The SMILES string of the molecule is Clc1cccc(SCCCC2CCCN2)c1. The molecule has 1 nitrogen and oxygen atoms in total. The number of hydrogen-bond acceptors (Lipinski definition) is 2. The van der Waals surface area contributed by atoms with Gasteiger partial charge in [0.05, 0.1) is 0 Å². The molecule has 2 rings (SSSR count). The lowest BCUT2D eigenvalue weighted by molar-refractivity contribution is 0.553. The molecular formula is C13H18ClNS. The molecule has 0 aliphatic carbocycles. The zero-order chi connectivity index (χ0) is 11.2. The summed E-state index contributed by atoms with van der Waals surface area (Å²) in [6.07, 6.45) is 5.32. The summed E-state index contributed by atoms with van der Waals surface area (Å²) >= 11 is 7.84. The van der Waals surface area contributed by atoms with Gasteiger partial charge in [0.15, 0.2) is 0 Å². The highest BCUT2D eigenvalue weighted by atomic mass is 35.5. The number of rotatable bonds is 5. The average molecular weight is 256 g/mol. The van der Waals surface area contributed by atoms with Gasteiger partial charge in [-0.25, -0.2) is 0 Å². The number of halogens is 1.